The smallest absolute Gasteiger partial charge is 0.246 e. The standard InChI is InChI=1S/C10H22N2O2/c1-8(2)5-12-9(13)6-14-7-10(3,4)11/h8H,5-7,11H2,1-4H3,(H,12,13). The number of nitrogens with two attached hydrogens (primary N) is 1. The van der Waals surface area contributed by atoms with E-state index in [9.17, 15) is 4.79 Å². The number of hydrogen-bond donors (Lipinski definition) is 2. The van der Waals surface area contributed by atoms with Gasteiger partial charge < -0.3 is 15.8 Å². The van der Waals surface area contributed by atoms with Gasteiger partial charge in [-0.25, -0.2) is 0 Å². The number of hydrogen-bond acceptors (Lipinski definition) is 3. The van der Waals surface area contributed by atoms with Crippen LogP contribution in [0.25, 0.3) is 0 Å². The Kier molecular flexibility index (Phi) is 5.72. The van der Waals surface area contributed by atoms with Gasteiger partial charge in [0.2, 0.25) is 5.91 Å². The lowest BCUT2D eigenvalue weighted by molar-refractivity contribution is -0.126. The predicted molar refractivity (Wildman–Crippen MR) is 56.9 cm³/mol. The highest BCUT2D eigenvalue weighted by Crippen LogP contribution is 1.96. The summed E-state index contributed by atoms with van der Waals surface area (Å²) in [6.45, 7) is 8.98. The van der Waals surface area contributed by atoms with Crippen LogP contribution in [0.3, 0.4) is 0 Å². The van der Waals surface area contributed by atoms with Crippen LogP contribution in [0.15, 0.2) is 0 Å². The first kappa shape index (κ1) is 13.4. The van der Waals surface area contributed by atoms with Crippen LogP contribution in [0.4, 0.5) is 0 Å². The fourth-order valence-corrected chi connectivity index (χ4v) is 0.776. The number of ether oxygens (including phenoxy) is 1. The Morgan fingerprint density at radius 1 is 1.50 bits per heavy atom. The quantitative estimate of drug-likeness (QED) is 0.659. The van der Waals surface area contributed by atoms with Gasteiger partial charge in [0.05, 0.1) is 6.61 Å². The molecule has 3 N–H and O–H groups in total. The number of rotatable bonds is 6. The highest BCUT2D eigenvalue weighted by Gasteiger charge is 2.11. The molecule has 0 heterocycles. The minimum atomic E-state index is -0.377. The summed E-state index contributed by atoms with van der Waals surface area (Å²) in [5.41, 5.74) is 5.31. The van der Waals surface area contributed by atoms with Crippen molar-refractivity contribution in [3.8, 4) is 0 Å². The maximum Gasteiger partial charge on any atom is 0.246 e. The fourth-order valence-electron chi connectivity index (χ4n) is 0.776. The Labute approximate surface area is 86.2 Å². The molecule has 14 heavy (non-hydrogen) atoms. The van der Waals surface area contributed by atoms with E-state index in [1.54, 1.807) is 0 Å². The first-order chi connectivity index (χ1) is 6.31. The first-order valence-corrected chi connectivity index (χ1v) is 4.94. The van der Waals surface area contributed by atoms with Crippen molar-refractivity contribution in [1.29, 1.82) is 0 Å². The number of nitrogens with one attached hydrogen (secondary N) is 1. The van der Waals surface area contributed by atoms with Crippen molar-refractivity contribution in [3.63, 3.8) is 0 Å². The van der Waals surface area contributed by atoms with Crippen molar-refractivity contribution < 1.29 is 9.53 Å². The molecule has 0 fully saturated rings. The number of carbonyl (C=O) groups excluding carboxylic acids is 1. The lowest BCUT2D eigenvalue weighted by Crippen LogP contribution is -2.39. The SMILES string of the molecule is CC(C)CNC(=O)COCC(C)(C)N. The van der Waals surface area contributed by atoms with E-state index in [4.69, 9.17) is 10.5 Å². The summed E-state index contributed by atoms with van der Waals surface area (Å²) in [7, 11) is 0. The Morgan fingerprint density at radius 3 is 2.50 bits per heavy atom. The second-order valence-electron chi connectivity index (χ2n) is 4.68. The monoisotopic (exact) mass is 202 g/mol. The van der Waals surface area contributed by atoms with Crippen molar-refractivity contribution in [2.75, 3.05) is 19.8 Å². The molecule has 0 aromatic heterocycles. The molecule has 4 nitrogen and oxygen atoms in total. The third-order valence-electron chi connectivity index (χ3n) is 1.41. The zero-order valence-corrected chi connectivity index (χ0v) is 9.59. The van der Waals surface area contributed by atoms with Crippen molar-refractivity contribution >= 4 is 5.91 Å². The van der Waals surface area contributed by atoms with E-state index < -0.39 is 0 Å². The minimum absolute atomic E-state index is 0.0806. The second-order valence-corrected chi connectivity index (χ2v) is 4.68. The van der Waals surface area contributed by atoms with Crippen molar-refractivity contribution in [3.05, 3.63) is 0 Å². The van der Waals surface area contributed by atoms with Gasteiger partial charge in [0, 0.05) is 12.1 Å². The Bertz CT molecular complexity index is 173. The van der Waals surface area contributed by atoms with Gasteiger partial charge in [-0.1, -0.05) is 13.8 Å². The van der Waals surface area contributed by atoms with Gasteiger partial charge in [0.15, 0.2) is 0 Å². The van der Waals surface area contributed by atoms with E-state index in [0.717, 1.165) is 0 Å². The topological polar surface area (TPSA) is 64.3 Å². The minimum Gasteiger partial charge on any atom is -0.370 e. The third-order valence-corrected chi connectivity index (χ3v) is 1.41. The normalized spacial score (nSPS) is 11.9. The first-order valence-electron chi connectivity index (χ1n) is 4.94. The summed E-state index contributed by atoms with van der Waals surface area (Å²) < 4.78 is 5.16. The van der Waals surface area contributed by atoms with Gasteiger partial charge in [-0.05, 0) is 19.8 Å². The molecule has 4 heteroatoms. The fraction of sp³-hybridized carbons (Fsp3) is 0.900. The molecular formula is C10H22N2O2. The van der Waals surface area contributed by atoms with E-state index in [-0.39, 0.29) is 18.1 Å². The van der Waals surface area contributed by atoms with E-state index >= 15 is 0 Å². The largest absolute Gasteiger partial charge is 0.370 e. The number of carbonyl (C=O) groups is 1. The third kappa shape index (κ3) is 9.48. The van der Waals surface area contributed by atoms with Crippen molar-refractivity contribution in [2.24, 2.45) is 11.7 Å². The maximum atomic E-state index is 11.2. The maximum absolute atomic E-state index is 11.2. The molecule has 0 aromatic carbocycles. The average Bonchev–Trinajstić information content (AvgIpc) is 1.98. The molecule has 0 saturated heterocycles. The van der Waals surface area contributed by atoms with E-state index in [1.165, 1.54) is 0 Å². The van der Waals surface area contributed by atoms with Crippen LogP contribution in [-0.4, -0.2) is 31.2 Å². The van der Waals surface area contributed by atoms with E-state index in [2.05, 4.69) is 5.32 Å². The second kappa shape index (κ2) is 5.98. The highest BCUT2D eigenvalue weighted by atomic mass is 16.5. The van der Waals surface area contributed by atoms with Crippen molar-refractivity contribution in [2.45, 2.75) is 33.2 Å². The highest BCUT2D eigenvalue weighted by molar-refractivity contribution is 5.77. The molecule has 0 radical (unpaired) electrons. The number of amides is 1. The van der Waals surface area contributed by atoms with Crippen LogP contribution >= 0.6 is 0 Å². The zero-order chi connectivity index (χ0) is 11.2. The van der Waals surface area contributed by atoms with Crippen LogP contribution in [0.5, 0.6) is 0 Å². The van der Waals surface area contributed by atoms with Crippen LogP contribution < -0.4 is 11.1 Å². The molecule has 0 saturated carbocycles. The zero-order valence-electron chi connectivity index (χ0n) is 9.59. The van der Waals surface area contributed by atoms with Gasteiger partial charge in [-0.2, -0.15) is 0 Å². The molecule has 0 aromatic rings. The summed E-state index contributed by atoms with van der Waals surface area (Å²) in [6, 6.07) is 0. The average molecular weight is 202 g/mol. The summed E-state index contributed by atoms with van der Waals surface area (Å²) >= 11 is 0. The van der Waals surface area contributed by atoms with Gasteiger partial charge >= 0.3 is 0 Å². The van der Waals surface area contributed by atoms with Crippen LogP contribution in [0.2, 0.25) is 0 Å². The summed E-state index contributed by atoms with van der Waals surface area (Å²) in [5.74, 6) is 0.382. The van der Waals surface area contributed by atoms with Crippen LogP contribution in [0, 0.1) is 5.92 Å². The summed E-state index contributed by atoms with van der Waals surface area (Å²) in [5, 5.41) is 2.76. The molecule has 0 atom stereocenters. The molecule has 84 valence electrons. The molecule has 0 unspecified atom stereocenters. The van der Waals surface area contributed by atoms with Crippen LogP contribution in [-0.2, 0) is 9.53 Å². The predicted octanol–water partition coefficient (Wildman–Crippen LogP) is 0.513. The molecular weight excluding hydrogens is 180 g/mol. The van der Waals surface area contributed by atoms with Crippen LogP contribution in [0.1, 0.15) is 27.7 Å². The van der Waals surface area contributed by atoms with Gasteiger partial charge in [0.1, 0.15) is 6.61 Å². The van der Waals surface area contributed by atoms with Gasteiger partial charge in [-0.15, -0.1) is 0 Å². The molecule has 0 aliphatic heterocycles. The molecule has 0 aliphatic rings. The molecule has 0 aliphatic carbocycles. The van der Waals surface area contributed by atoms with Crippen molar-refractivity contribution in [1.82, 2.24) is 5.32 Å². The molecule has 0 rings (SSSR count). The Balaban J connectivity index is 3.46. The summed E-state index contributed by atoms with van der Waals surface area (Å²) in [4.78, 5) is 11.2. The van der Waals surface area contributed by atoms with Gasteiger partial charge in [-0.3, -0.25) is 4.79 Å². The lowest BCUT2D eigenvalue weighted by Gasteiger charge is -2.18. The van der Waals surface area contributed by atoms with E-state index in [1.807, 2.05) is 27.7 Å². The lowest BCUT2D eigenvalue weighted by atomic mass is 10.1. The molecule has 1 amide bonds. The summed E-state index contributed by atoms with van der Waals surface area (Å²) in [6.07, 6.45) is 0. The Morgan fingerprint density at radius 2 is 2.07 bits per heavy atom. The Hall–Kier alpha value is -0.610. The van der Waals surface area contributed by atoms with E-state index in [0.29, 0.717) is 19.1 Å². The molecule has 0 spiro atoms. The van der Waals surface area contributed by atoms with Gasteiger partial charge in [0.25, 0.3) is 0 Å². The molecule has 0 bridgehead atoms.